The molecule has 2 fully saturated rings. The predicted molar refractivity (Wildman–Crippen MR) is 119 cm³/mol. The van der Waals surface area contributed by atoms with Crippen LogP contribution in [0.1, 0.15) is 33.6 Å². The average molecular weight is 504 g/mol. The van der Waals surface area contributed by atoms with Crippen LogP contribution in [-0.4, -0.2) is 73.6 Å². The highest BCUT2D eigenvalue weighted by molar-refractivity contribution is 6.79. The first kappa shape index (κ1) is 27.6. The van der Waals surface area contributed by atoms with Gasteiger partial charge in [0.1, 0.15) is 18.1 Å². The van der Waals surface area contributed by atoms with Crippen LogP contribution in [0, 0.1) is 22.7 Å². The maximum absolute atomic E-state index is 13.4. The Kier molecular flexibility index (Phi) is 8.07. The topological polar surface area (TPSA) is 131 Å². The van der Waals surface area contributed by atoms with Gasteiger partial charge in [0, 0.05) is 18.6 Å². The summed E-state index contributed by atoms with van der Waals surface area (Å²) in [6, 6.07) is -1.10. The molecule has 0 aromatic rings. The maximum atomic E-state index is 13.4. The van der Waals surface area contributed by atoms with Gasteiger partial charge in [-0.25, -0.2) is 0 Å². The molecule has 2 aliphatic heterocycles. The first-order valence-corrected chi connectivity index (χ1v) is 14.5. The second kappa shape index (κ2) is 9.93. The largest absolute Gasteiger partial charge is 0.471 e. The predicted octanol–water partition coefficient (Wildman–Crippen LogP) is 1.07. The van der Waals surface area contributed by atoms with Crippen molar-refractivity contribution in [3.8, 4) is 6.07 Å². The van der Waals surface area contributed by atoms with E-state index in [2.05, 4.69) is 10.6 Å². The van der Waals surface area contributed by atoms with Gasteiger partial charge in [0.15, 0.2) is 0 Å². The van der Waals surface area contributed by atoms with Crippen LogP contribution < -0.4 is 16.0 Å². The Morgan fingerprint density at radius 2 is 1.85 bits per heavy atom. The minimum absolute atomic E-state index is 0.127. The molecular formula is C21H32F3N5O4Si. The van der Waals surface area contributed by atoms with Gasteiger partial charge in [-0.05, 0) is 24.3 Å². The molecule has 2 heterocycles. The number of nitrogens with zero attached hydrogens (tertiary/aromatic N) is 2. The van der Waals surface area contributed by atoms with Gasteiger partial charge < -0.3 is 20.9 Å². The molecule has 0 spiro atoms. The third kappa shape index (κ3) is 6.71. The van der Waals surface area contributed by atoms with E-state index < -0.39 is 61.4 Å². The maximum Gasteiger partial charge on any atom is 0.471 e. The normalized spacial score (nSPS) is 24.1. The molecule has 13 heteroatoms. The molecule has 4 amide bonds. The van der Waals surface area contributed by atoms with Crippen molar-refractivity contribution in [2.75, 3.05) is 12.7 Å². The van der Waals surface area contributed by atoms with E-state index in [0.717, 1.165) is 0 Å². The van der Waals surface area contributed by atoms with Gasteiger partial charge in [0.25, 0.3) is 0 Å². The lowest BCUT2D eigenvalue weighted by Gasteiger charge is -2.36. The molecule has 0 saturated carbocycles. The zero-order valence-electron chi connectivity index (χ0n) is 20.0. The Hall–Kier alpha value is -2.62. The molecule has 0 aliphatic carbocycles. The van der Waals surface area contributed by atoms with E-state index in [0.29, 0.717) is 19.0 Å². The number of amides is 4. The summed E-state index contributed by atoms with van der Waals surface area (Å²) >= 11 is 0. The molecule has 0 bridgehead atoms. The van der Waals surface area contributed by atoms with Crippen molar-refractivity contribution >= 4 is 31.7 Å². The fraction of sp³-hybridized carbons (Fsp3) is 0.762. The molecule has 0 aromatic heterocycles. The fourth-order valence-corrected chi connectivity index (χ4v) is 7.21. The molecule has 190 valence electrons. The third-order valence-corrected chi connectivity index (χ3v) is 8.80. The van der Waals surface area contributed by atoms with Crippen LogP contribution in [0.15, 0.2) is 0 Å². The van der Waals surface area contributed by atoms with Gasteiger partial charge in [0.05, 0.1) is 14.1 Å². The van der Waals surface area contributed by atoms with E-state index >= 15 is 0 Å². The number of alkyl halides is 3. The smallest absolute Gasteiger partial charge is 0.356 e. The fourth-order valence-electron chi connectivity index (χ4n) is 4.33. The van der Waals surface area contributed by atoms with E-state index in [1.54, 1.807) is 5.32 Å². The van der Waals surface area contributed by atoms with Crippen molar-refractivity contribution in [3.05, 3.63) is 0 Å². The second-order valence-corrected chi connectivity index (χ2v) is 15.9. The average Bonchev–Trinajstić information content (AvgIpc) is 3.25. The Labute approximate surface area is 197 Å². The zero-order chi connectivity index (χ0) is 26.1. The van der Waals surface area contributed by atoms with E-state index in [1.807, 2.05) is 19.2 Å². The summed E-state index contributed by atoms with van der Waals surface area (Å²) in [5.74, 6) is -4.18. The SMILES string of the molecule is CC(C)(C)[C@H](NC(=O)C(F)(F)F)C(=O)N1C[Si](C)(C)C[C@@H]1C(=O)N[C@H](C#N)C[C@@H]1CCNC1=O. The van der Waals surface area contributed by atoms with Crippen molar-refractivity contribution < 1.29 is 32.3 Å². The lowest BCUT2D eigenvalue weighted by Crippen LogP contribution is -2.59. The summed E-state index contributed by atoms with van der Waals surface area (Å²) in [6.07, 6.45) is -4.26. The van der Waals surface area contributed by atoms with Gasteiger partial charge in [-0.3, -0.25) is 19.2 Å². The van der Waals surface area contributed by atoms with E-state index in [4.69, 9.17) is 0 Å². The molecule has 2 saturated heterocycles. The molecule has 4 atom stereocenters. The van der Waals surface area contributed by atoms with E-state index in [9.17, 15) is 37.6 Å². The number of hydrogen-bond acceptors (Lipinski definition) is 5. The van der Waals surface area contributed by atoms with Crippen LogP contribution in [0.4, 0.5) is 13.2 Å². The minimum Gasteiger partial charge on any atom is -0.356 e. The van der Waals surface area contributed by atoms with Crippen molar-refractivity contribution in [2.45, 2.75) is 77.1 Å². The monoisotopic (exact) mass is 503 g/mol. The highest BCUT2D eigenvalue weighted by Crippen LogP contribution is 2.31. The summed E-state index contributed by atoms with van der Waals surface area (Å²) in [6.45, 7) is 8.98. The molecular weight excluding hydrogens is 471 g/mol. The quantitative estimate of drug-likeness (QED) is 0.467. The molecule has 2 rings (SSSR count). The zero-order valence-corrected chi connectivity index (χ0v) is 21.0. The van der Waals surface area contributed by atoms with Gasteiger partial charge in [-0.15, -0.1) is 0 Å². The van der Waals surface area contributed by atoms with Crippen LogP contribution in [0.2, 0.25) is 19.1 Å². The molecule has 0 radical (unpaired) electrons. The number of hydrogen-bond donors (Lipinski definition) is 3. The number of rotatable bonds is 6. The van der Waals surface area contributed by atoms with Crippen molar-refractivity contribution in [2.24, 2.45) is 11.3 Å². The van der Waals surface area contributed by atoms with E-state index in [1.165, 1.54) is 25.7 Å². The number of carbonyl (C=O) groups is 4. The molecule has 3 N–H and O–H groups in total. The number of nitriles is 1. The molecule has 0 unspecified atom stereocenters. The van der Waals surface area contributed by atoms with Crippen LogP contribution in [-0.2, 0) is 19.2 Å². The highest BCUT2D eigenvalue weighted by atomic mass is 28.3. The van der Waals surface area contributed by atoms with Gasteiger partial charge in [0.2, 0.25) is 17.7 Å². The summed E-state index contributed by atoms with van der Waals surface area (Å²) < 4.78 is 38.7. The van der Waals surface area contributed by atoms with Crippen LogP contribution in [0.25, 0.3) is 0 Å². The summed E-state index contributed by atoms with van der Waals surface area (Å²) in [7, 11) is -2.12. The summed E-state index contributed by atoms with van der Waals surface area (Å²) in [4.78, 5) is 51.2. The van der Waals surface area contributed by atoms with Gasteiger partial charge in [-0.1, -0.05) is 33.9 Å². The summed E-state index contributed by atoms with van der Waals surface area (Å²) in [5, 5.41) is 16.6. The van der Waals surface area contributed by atoms with Crippen molar-refractivity contribution in [1.29, 1.82) is 5.26 Å². The Morgan fingerprint density at radius 1 is 1.24 bits per heavy atom. The molecule has 2 aliphatic rings. The Balaban J connectivity index is 2.23. The lowest BCUT2D eigenvalue weighted by atomic mass is 9.85. The number of carbonyl (C=O) groups excluding carboxylic acids is 4. The Bertz CT molecular complexity index is 881. The van der Waals surface area contributed by atoms with Crippen molar-refractivity contribution in [3.63, 3.8) is 0 Å². The minimum atomic E-state index is -5.16. The third-order valence-electron chi connectivity index (χ3n) is 6.11. The van der Waals surface area contributed by atoms with E-state index in [-0.39, 0.29) is 18.5 Å². The van der Waals surface area contributed by atoms with Crippen molar-refractivity contribution in [1.82, 2.24) is 20.9 Å². The number of nitrogens with one attached hydrogen (secondary N) is 3. The summed E-state index contributed by atoms with van der Waals surface area (Å²) in [5.41, 5.74) is -1.06. The number of halogens is 3. The second-order valence-electron chi connectivity index (χ2n) is 10.8. The standard InChI is InChI=1S/C21H32F3N5O4Si/c1-20(2,3)15(28-19(33)21(22,23)24)18(32)29-11-34(4,5)10-14(29)17(31)27-13(9-25)8-12-6-7-26-16(12)30/h12-15H,6-8,10-11H2,1-5H3,(H,26,30)(H,27,31)(H,28,33)/t12-,13-,14+,15+/m0/s1. The lowest BCUT2D eigenvalue weighted by molar-refractivity contribution is -0.176. The molecule has 0 aromatic carbocycles. The Morgan fingerprint density at radius 3 is 2.32 bits per heavy atom. The van der Waals surface area contributed by atoms with Gasteiger partial charge >= 0.3 is 12.1 Å². The molecule has 34 heavy (non-hydrogen) atoms. The molecule has 9 nitrogen and oxygen atoms in total. The van der Waals surface area contributed by atoms with Crippen LogP contribution in [0.3, 0.4) is 0 Å². The van der Waals surface area contributed by atoms with Gasteiger partial charge in [-0.2, -0.15) is 18.4 Å². The first-order chi connectivity index (χ1) is 15.5. The van der Waals surface area contributed by atoms with Crippen LogP contribution in [0.5, 0.6) is 0 Å². The highest BCUT2D eigenvalue weighted by Gasteiger charge is 2.50. The first-order valence-electron chi connectivity index (χ1n) is 11.1. The van der Waals surface area contributed by atoms with Crippen LogP contribution >= 0.6 is 0 Å².